The molecule has 0 saturated carbocycles. The van der Waals surface area contributed by atoms with Crippen LogP contribution in [0.2, 0.25) is 0 Å². The van der Waals surface area contributed by atoms with Gasteiger partial charge in [0.1, 0.15) is 4.90 Å². The van der Waals surface area contributed by atoms with Crippen LogP contribution in [0, 0.1) is 6.92 Å². The lowest BCUT2D eigenvalue weighted by Gasteiger charge is -2.16. The number of aromatic amines is 1. The predicted octanol–water partition coefficient (Wildman–Crippen LogP) is 0.724. The quantitative estimate of drug-likeness (QED) is 0.855. The Bertz CT molecular complexity index is 839. The Hall–Kier alpha value is -2.16. The van der Waals surface area contributed by atoms with Gasteiger partial charge in [-0.15, -0.1) is 0 Å². The summed E-state index contributed by atoms with van der Waals surface area (Å²) < 4.78 is 25.4. The molecule has 1 unspecified atom stereocenters. The normalized spacial score (nSPS) is 18.2. The van der Waals surface area contributed by atoms with Crippen LogP contribution in [0.5, 0.6) is 0 Å². The van der Waals surface area contributed by atoms with E-state index in [1.54, 1.807) is 9.58 Å². The van der Waals surface area contributed by atoms with Gasteiger partial charge in [-0.25, -0.2) is 8.42 Å². The number of nitrogens with zero attached hydrogens (tertiary/aromatic N) is 4. The standard InChI is InChI=1S/C15H21N5O3S/c1-11-3-7-20(18-11)8-5-14(21)19-6-4-12(10-19)15-13(9-16-17-15)24(2,22)23/h3,7,9,12H,4-6,8,10H2,1-2H3,(H,16,17). The minimum atomic E-state index is -3.32. The van der Waals surface area contributed by atoms with Crippen molar-refractivity contribution in [3.05, 3.63) is 29.8 Å². The molecule has 130 valence electrons. The Balaban J connectivity index is 1.61. The van der Waals surface area contributed by atoms with Crippen LogP contribution in [0.15, 0.2) is 23.4 Å². The molecular weight excluding hydrogens is 330 g/mol. The third-order valence-electron chi connectivity index (χ3n) is 4.31. The third kappa shape index (κ3) is 3.50. The number of amides is 1. The van der Waals surface area contributed by atoms with Crippen LogP contribution in [0.3, 0.4) is 0 Å². The first-order chi connectivity index (χ1) is 11.3. The van der Waals surface area contributed by atoms with Crippen molar-refractivity contribution in [1.82, 2.24) is 24.9 Å². The fourth-order valence-electron chi connectivity index (χ4n) is 3.05. The Kier molecular flexibility index (Phi) is 4.44. The van der Waals surface area contributed by atoms with Crippen LogP contribution in [0.4, 0.5) is 0 Å². The lowest BCUT2D eigenvalue weighted by Crippen LogP contribution is -2.29. The number of likely N-dealkylation sites (tertiary alicyclic amines) is 1. The largest absolute Gasteiger partial charge is 0.342 e. The zero-order chi connectivity index (χ0) is 17.3. The van der Waals surface area contributed by atoms with Gasteiger partial charge in [0.15, 0.2) is 9.84 Å². The summed E-state index contributed by atoms with van der Waals surface area (Å²) in [5, 5.41) is 10.9. The highest BCUT2D eigenvalue weighted by molar-refractivity contribution is 7.90. The van der Waals surface area contributed by atoms with Crippen molar-refractivity contribution in [2.75, 3.05) is 19.3 Å². The molecule has 0 aliphatic carbocycles. The zero-order valence-electron chi connectivity index (χ0n) is 13.8. The summed E-state index contributed by atoms with van der Waals surface area (Å²) >= 11 is 0. The summed E-state index contributed by atoms with van der Waals surface area (Å²) in [6, 6.07) is 1.90. The van der Waals surface area contributed by atoms with Crippen molar-refractivity contribution < 1.29 is 13.2 Å². The first-order valence-electron chi connectivity index (χ1n) is 7.86. The van der Waals surface area contributed by atoms with Crippen LogP contribution >= 0.6 is 0 Å². The maximum Gasteiger partial charge on any atom is 0.224 e. The second-order valence-electron chi connectivity index (χ2n) is 6.22. The van der Waals surface area contributed by atoms with Crippen LogP contribution < -0.4 is 0 Å². The van der Waals surface area contributed by atoms with E-state index in [1.165, 1.54) is 12.5 Å². The van der Waals surface area contributed by atoms with E-state index in [0.717, 1.165) is 12.1 Å². The summed E-state index contributed by atoms with van der Waals surface area (Å²) in [5.41, 5.74) is 1.53. The Morgan fingerprint density at radius 2 is 2.25 bits per heavy atom. The molecule has 2 aromatic heterocycles. The molecule has 9 heteroatoms. The van der Waals surface area contributed by atoms with Gasteiger partial charge >= 0.3 is 0 Å². The summed E-state index contributed by atoms with van der Waals surface area (Å²) in [7, 11) is -3.32. The molecule has 1 aliphatic heterocycles. The zero-order valence-corrected chi connectivity index (χ0v) is 14.6. The fourth-order valence-corrected chi connectivity index (χ4v) is 3.91. The van der Waals surface area contributed by atoms with Gasteiger partial charge in [0.2, 0.25) is 5.91 Å². The van der Waals surface area contributed by atoms with E-state index in [1.807, 2.05) is 19.2 Å². The molecule has 0 radical (unpaired) electrons. The number of aromatic nitrogens is 4. The van der Waals surface area contributed by atoms with Crippen molar-refractivity contribution in [3.8, 4) is 0 Å². The molecule has 3 rings (SSSR count). The Labute approximate surface area is 140 Å². The SMILES string of the molecule is Cc1ccn(CCC(=O)N2CCC(c3[nH]ncc3S(C)(=O)=O)C2)n1. The number of rotatable bonds is 5. The fraction of sp³-hybridized carbons (Fsp3) is 0.533. The molecule has 3 heterocycles. The maximum absolute atomic E-state index is 12.4. The average Bonchev–Trinajstić information content (AvgIpc) is 3.23. The van der Waals surface area contributed by atoms with E-state index >= 15 is 0 Å². The van der Waals surface area contributed by atoms with Crippen molar-refractivity contribution in [2.24, 2.45) is 0 Å². The molecule has 1 amide bonds. The van der Waals surface area contributed by atoms with Crippen LogP contribution in [-0.2, 0) is 21.2 Å². The number of carbonyl (C=O) groups is 1. The van der Waals surface area contributed by atoms with Gasteiger partial charge in [-0.1, -0.05) is 0 Å². The molecule has 0 spiro atoms. The topological polar surface area (TPSA) is 101 Å². The van der Waals surface area contributed by atoms with Crippen LogP contribution in [-0.4, -0.2) is 58.5 Å². The van der Waals surface area contributed by atoms with Gasteiger partial charge in [-0.3, -0.25) is 14.6 Å². The molecule has 2 aromatic rings. The van der Waals surface area contributed by atoms with Gasteiger partial charge in [-0.05, 0) is 19.4 Å². The number of hydrogen-bond acceptors (Lipinski definition) is 5. The molecule has 24 heavy (non-hydrogen) atoms. The van der Waals surface area contributed by atoms with E-state index in [4.69, 9.17) is 0 Å². The lowest BCUT2D eigenvalue weighted by molar-refractivity contribution is -0.130. The second-order valence-corrected chi connectivity index (χ2v) is 8.20. The third-order valence-corrected chi connectivity index (χ3v) is 5.43. The monoisotopic (exact) mass is 351 g/mol. The highest BCUT2D eigenvalue weighted by atomic mass is 32.2. The predicted molar refractivity (Wildman–Crippen MR) is 87.2 cm³/mol. The molecule has 0 bridgehead atoms. The Morgan fingerprint density at radius 3 is 2.92 bits per heavy atom. The molecule has 1 N–H and O–H groups in total. The van der Waals surface area contributed by atoms with E-state index < -0.39 is 9.84 Å². The number of sulfone groups is 1. The molecule has 1 aliphatic rings. The van der Waals surface area contributed by atoms with Gasteiger partial charge in [0.05, 0.1) is 17.6 Å². The summed E-state index contributed by atoms with van der Waals surface area (Å²) in [6.07, 6.45) is 5.49. The van der Waals surface area contributed by atoms with E-state index in [2.05, 4.69) is 15.3 Å². The number of nitrogens with one attached hydrogen (secondary N) is 1. The number of aryl methyl sites for hydroxylation is 2. The van der Waals surface area contributed by atoms with Crippen molar-refractivity contribution >= 4 is 15.7 Å². The number of H-pyrrole nitrogens is 1. The lowest BCUT2D eigenvalue weighted by atomic mass is 10.1. The van der Waals surface area contributed by atoms with Gasteiger partial charge in [-0.2, -0.15) is 10.2 Å². The van der Waals surface area contributed by atoms with E-state index in [-0.39, 0.29) is 16.7 Å². The van der Waals surface area contributed by atoms with Gasteiger partial charge in [0, 0.05) is 44.4 Å². The van der Waals surface area contributed by atoms with Crippen LogP contribution in [0.1, 0.15) is 30.1 Å². The first-order valence-corrected chi connectivity index (χ1v) is 9.75. The smallest absolute Gasteiger partial charge is 0.224 e. The summed E-state index contributed by atoms with van der Waals surface area (Å²) in [5.74, 6) is 0.0409. The van der Waals surface area contributed by atoms with E-state index in [9.17, 15) is 13.2 Å². The number of hydrogen-bond donors (Lipinski definition) is 1. The summed E-state index contributed by atoms with van der Waals surface area (Å²) in [6.45, 7) is 3.60. The van der Waals surface area contributed by atoms with Crippen molar-refractivity contribution in [3.63, 3.8) is 0 Å². The average molecular weight is 351 g/mol. The molecule has 1 atom stereocenters. The summed E-state index contributed by atoms with van der Waals surface area (Å²) in [4.78, 5) is 14.4. The second kappa shape index (κ2) is 6.39. The maximum atomic E-state index is 12.4. The first kappa shape index (κ1) is 16.7. The van der Waals surface area contributed by atoms with Crippen LogP contribution in [0.25, 0.3) is 0 Å². The molecule has 8 nitrogen and oxygen atoms in total. The number of carbonyl (C=O) groups excluding carboxylic acids is 1. The minimum Gasteiger partial charge on any atom is -0.342 e. The van der Waals surface area contributed by atoms with Gasteiger partial charge in [0.25, 0.3) is 0 Å². The van der Waals surface area contributed by atoms with Gasteiger partial charge < -0.3 is 4.90 Å². The Morgan fingerprint density at radius 1 is 1.46 bits per heavy atom. The molecule has 1 saturated heterocycles. The molecule has 0 aromatic carbocycles. The van der Waals surface area contributed by atoms with E-state index in [0.29, 0.717) is 31.7 Å². The minimum absolute atomic E-state index is 0.0203. The highest BCUT2D eigenvalue weighted by Crippen LogP contribution is 2.30. The van der Waals surface area contributed by atoms with Crippen molar-refractivity contribution in [2.45, 2.75) is 37.1 Å². The highest BCUT2D eigenvalue weighted by Gasteiger charge is 2.31. The van der Waals surface area contributed by atoms with Crippen molar-refractivity contribution in [1.29, 1.82) is 0 Å². The molecule has 1 fully saturated rings. The molecular formula is C15H21N5O3S.